The fraction of sp³-hybridized carbons (Fsp3) is 0.571. The van der Waals surface area contributed by atoms with Crippen LogP contribution in [-0.2, 0) is 6.42 Å². The van der Waals surface area contributed by atoms with E-state index in [1.807, 2.05) is 6.92 Å². The monoisotopic (exact) mass is 188 g/mol. The summed E-state index contributed by atoms with van der Waals surface area (Å²) in [6, 6.07) is 0. The third kappa shape index (κ3) is 2.47. The van der Waals surface area contributed by atoms with Gasteiger partial charge in [-0.3, -0.25) is 0 Å². The Morgan fingerprint density at radius 1 is 1.82 bits per heavy atom. The summed E-state index contributed by atoms with van der Waals surface area (Å²) >= 11 is 5.94. The Labute approximate surface area is 76.2 Å². The normalized spacial score (nSPS) is 13.4. The molecule has 0 saturated heterocycles. The largest absolute Gasteiger partial charge is 0.330 e. The van der Waals surface area contributed by atoms with Crippen molar-refractivity contribution < 1.29 is 0 Å². The first-order chi connectivity index (χ1) is 5.24. The predicted molar refractivity (Wildman–Crippen MR) is 52.3 cm³/mol. The van der Waals surface area contributed by atoms with Crippen molar-refractivity contribution in [3.05, 3.63) is 16.1 Å². The minimum absolute atomic E-state index is 0.242. The molecule has 0 saturated carbocycles. The first-order valence-electron chi connectivity index (χ1n) is 3.56. The number of hydrogen-bond donors (Lipinski definition) is 2. The zero-order chi connectivity index (χ0) is 8.27. The van der Waals surface area contributed by atoms with Gasteiger partial charge in [-0.25, -0.2) is 4.98 Å². The summed E-state index contributed by atoms with van der Waals surface area (Å²) < 4.78 is 0. The van der Waals surface area contributed by atoms with Crippen LogP contribution in [0.4, 0.5) is 0 Å². The van der Waals surface area contributed by atoms with Gasteiger partial charge in [0, 0.05) is 11.8 Å². The minimum Gasteiger partial charge on any atom is -0.330 e. The van der Waals surface area contributed by atoms with Crippen molar-refractivity contribution >= 4 is 24.0 Å². The maximum atomic E-state index is 5.39. The van der Waals surface area contributed by atoms with Crippen LogP contribution in [0.2, 0.25) is 0 Å². The Morgan fingerprint density at radius 2 is 2.55 bits per heavy atom. The Morgan fingerprint density at radius 3 is 3.00 bits per heavy atom. The highest BCUT2D eigenvalue weighted by Crippen LogP contribution is 2.22. The summed E-state index contributed by atoms with van der Waals surface area (Å²) in [6.45, 7) is 2.69. The van der Waals surface area contributed by atoms with Gasteiger partial charge in [0.05, 0.1) is 10.9 Å². The zero-order valence-corrected chi connectivity index (χ0v) is 8.16. The van der Waals surface area contributed by atoms with Crippen molar-refractivity contribution in [2.45, 2.75) is 18.6 Å². The number of nitrogens with zero attached hydrogens (tertiary/aromatic N) is 1. The molecule has 0 aliphatic heterocycles. The fourth-order valence-electron chi connectivity index (χ4n) is 0.777. The molecule has 0 aliphatic rings. The van der Waals surface area contributed by atoms with E-state index in [1.54, 1.807) is 11.3 Å². The third-order valence-electron chi connectivity index (χ3n) is 1.33. The lowest BCUT2D eigenvalue weighted by Gasteiger charge is -1.95. The van der Waals surface area contributed by atoms with E-state index in [2.05, 4.69) is 23.0 Å². The lowest BCUT2D eigenvalue weighted by molar-refractivity contribution is 0.916. The smallest absolute Gasteiger partial charge is 0.105 e. The summed E-state index contributed by atoms with van der Waals surface area (Å²) in [5.41, 5.74) is 6.48. The van der Waals surface area contributed by atoms with Crippen molar-refractivity contribution in [2.75, 3.05) is 6.54 Å². The second-order valence-electron chi connectivity index (χ2n) is 2.39. The van der Waals surface area contributed by atoms with E-state index in [-0.39, 0.29) is 5.25 Å². The molecule has 2 N–H and O–H groups in total. The quantitative estimate of drug-likeness (QED) is 0.708. The maximum Gasteiger partial charge on any atom is 0.105 e. The number of rotatable bonds is 3. The second kappa shape index (κ2) is 4.09. The van der Waals surface area contributed by atoms with Gasteiger partial charge in [0.15, 0.2) is 0 Å². The predicted octanol–water partition coefficient (Wildman–Crippen LogP) is 1.64. The number of thiazole rings is 1. The van der Waals surface area contributed by atoms with Gasteiger partial charge in [-0.15, -0.1) is 11.3 Å². The number of nitrogens with two attached hydrogens (primary N) is 1. The average Bonchev–Trinajstić information content (AvgIpc) is 2.37. The van der Waals surface area contributed by atoms with Crippen LogP contribution in [0.15, 0.2) is 5.38 Å². The standard InChI is InChI=1S/C7H12N2S2/c1-5(10)7-9-6(2-3-8)4-11-7/h4-5,10H,2-3,8H2,1H3. The van der Waals surface area contributed by atoms with Gasteiger partial charge < -0.3 is 5.73 Å². The molecule has 1 unspecified atom stereocenters. The van der Waals surface area contributed by atoms with Crippen molar-refractivity contribution in [1.29, 1.82) is 0 Å². The summed E-state index contributed by atoms with van der Waals surface area (Å²) in [6.07, 6.45) is 0.872. The van der Waals surface area contributed by atoms with Gasteiger partial charge in [0.1, 0.15) is 5.01 Å². The third-order valence-corrected chi connectivity index (χ3v) is 2.82. The molecule has 1 atom stereocenters. The van der Waals surface area contributed by atoms with E-state index in [0.29, 0.717) is 6.54 Å². The van der Waals surface area contributed by atoms with Crippen molar-refractivity contribution in [2.24, 2.45) is 5.73 Å². The molecule has 62 valence electrons. The molecular weight excluding hydrogens is 176 g/mol. The van der Waals surface area contributed by atoms with Crippen LogP contribution in [-0.4, -0.2) is 11.5 Å². The molecule has 1 aromatic rings. The molecule has 4 heteroatoms. The molecule has 1 rings (SSSR count). The number of aromatic nitrogens is 1. The fourth-order valence-corrected chi connectivity index (χ4v) is 1.81. The Balaban J connectivity index is 2.66. The highest BCUT2D eigenvalue weighted by atomic mass is 32.1. The van der Waals surface area contributed by atoms with E-state index in [4.69, 9.17) is 5.73 Å². The highest BCUT2D eigenvalue weighted by molar-refractivity contribution is 7.80. The lowest BCUT2D eigenvalue weighted by Crippen LogP contribution is -2.02. The maximum absolute atomic E-state index is 5.39. The van der Waals surface area contributed by atoms with Crippen LogP contribution in [0.25, 0.3) is 0 Å². The van der Waals surface area contributed by atoms with E-state index in [9.17, 15) is 0 Å². The molecule has 1 aromatic heterocycles. The summed E-state index contributed by atoms with van der Waals surface area (Å²) in [7, 11) is 0. The molecule has 0 aromatic carbocycles. The molecule has 0 radical (unpaired) electrons. The van der Waals surface area contributed by atoms with Crippen molar-refractivity contribution in [3.63, 3.8) is 0 Å². The van der Waals surface area contributed by atoms with Crippen molar-refractivity contribution in [3.8, 4) is 0 Å². The van der Waals surface area contributed by atoms with Crippen LogP contribution < -0.4 is 5.73 Å². The zero-order valence-electron chi connectivity index (χ0n) is 6.45. The molecule has 1 heterocycles. The van der Waals surface area contributed by atoms with Crippen LogP contribution in [0.5, 0.6) is 0 Å². The van der Waals surface area contributed by atoms with E-state index in [0.717, 1.165) is 17.1 Å². The second-order valence-corrected chi connectivity index (χ2v) is 4.06. The molecular formula is C7H12N2S2. The first kappa shape index (κ1) is 9.03. The van der Waals surface area contributed by atoms with Crippen LogP contribution in [0.1, 0.15) is 22.9 Å². The van der Waals surface area contributed by atoms with Crippen LogP contribution in [0.3, 0.4) is 0 Å². The SMILES string of the molecule is CC(S)c1nc(CCN)cs1. The molecule has 11 heavy (non-hydrogen) atoms. The highest BCUT2D eigenvalue weighted by Gasteiger charge is 2.04. The Hall–Kier alpha value is -0.0600. The molecule has 0 fully saturated rings. The summed E-state index contributed by atoms with van der Waals surface area (Å²) in [5, 5.41) is 3.37. The molecule has 0 amide bonds. The molecule has 0 bridgehead atoms. The van der Waals surface area contributed by atoms with E-state index in [1.165, 1.54) is 0 Å². The van der Waals surface area contributed by atoms with Gasteiger partial charge >= 0.3 is 0 Å². The Bertz CT molecular complexity index is 220. The molecule has 2 nitrogen and oxygen atoms in total. The van der Waals surface area contributed by atoms with Gasteiger partial charge in [0.25, 0.3) is 0 Å². The number of thiol groups is 1. The number of hydrogen-bond acceptors (Lipinski definition) is 4. The van der Waals surface area contributed by atoms with E-state index < -0.39 is 0 Å². The summed E-state index contributed by atoms with van der Waals surface area (Å²) in [4.78, 5) is 4.36. The average molecular weight is 188 g/mol. The van der Waals surface area contributed by atoms with Crippen LogP contribution in [0, 0.1) is 0 Å². The van der Waals surface area contributed by atoms with Crippen molar-refractivity contribution in [1.82, 2.24) is 4.98 Å². The van der Waals surface area contributed by atoms with E-state index >= 15 is 0 Å². The molecule has 0 spiro atoms. The van der Waals surface area contributed by atoms with Gasteiger partial charge in [-0.1, -0.05) is 0 Å². The van der Waals surface area contributed by atoms with Crippen LogP contribution >= 0.6 is 24.0 Å². The Kier molecular flexibility index (Phi) is 3.36. The lowest BCUT2D eigenvalue weighted by atomic mass is 10.3. The van der Waals surface area contributed by atoms with Gasteiger partial charge in [-0.2, -0.15) is 12.6 Å². The molecule has 0 aliphatic carbocycles. The topological polar surface area (TPSA) is 38.9 Å². The van der Waals surface area contributed by atoms with Gasteiger partial charge in [-0.05, 0) is 13.5 Å². The minimum atomic E-state index is 0.242. The van der Waals surface area contributed by atoms with Gasteiger partial charge in [0.2, 0.25) is 0 Å². The first-order valence-corrected chi connectivity index (χ1v) is 4.96. The summed E-state index contributed by atoms with van der Waals surface area (Å²) in [5.74, 6) is 0.